The normalized spacial score (nSPS) is 13.1. The molecule has 0 unspecified atom stereocenters. The van der Waals surface area contributed by atoms with E-state index >= 15 is 4.39 Å². The zero-order chi connectivity index (χ0) is 27.7. The molecule has 0 aliphatic carbocycles. The van der Waals surface area contributed by atoms with Crippen molar-refractivity contribution in [1.82, 2.24) is 20.0 Å². The molecule has 0 fully saturated rings. The number of fused-ring (bicyclic) bond motifs is 1. The number of hydrogen-bond donors (Lipinski definition) is 1. The molecule has 2 aromatic heterocycles. The molecular weight excluding hydrogens is 524 g/mol. The quantitative estimate of drug-likeness (QED) is 0.262. The molecule has 39 heavy (non-hydrogen) atoms. The Balaban J connectivity index is 1.35. The van der Waals surface area contributed by atoms with E-state index in [0.717, 1.165) is 24.3 Å². The van der Waals surface area contributed by atoms with E-state index in [1.807, 2.05) is 6.92 Å². The fraction of sp³-hybridized carbons (Fsp3) is 0.222. The summed E-state index contributed by atoms with van der Waals surface area (Å²) in [7, 11) is 0. The highest BCUT2D eigenvalue weighted by molar-refractivity contribution is 5.80. The largest absolute Gasteiger partial charge is 0.494 e. The van der Waals surface area contributed by atoms with Gasteiger partial charge < -0.3 is 9.72 Å². The van der Waals surface area contributed by atoms with Crippen LogP contribution in [0.4, 0.5) is 26.3 Å². The first-order valence-electron chi connectivity index (χ1n) is 11.9. The van der Waals surface area contributed by atoms with E-state index < -0.39 is 40.4 Å². The summed E-state index contributed by atoms with van der Waals surface area (Å²) >= 11 is 0. The number of nitrogens with zero attached hydrogens (tertiary/aromatic N) is 4. The lowest BCUT2D eigenvalue weighted by Gasteiger charge is -2.21. The number of hydrazone groups is 1. The second kappa shape index (κ2) is 10.4. The summed E-state index contributed by atoms with van der Waals surface area (Å²) in [5, 5.41) is 5.79. The second-order valence-corrected chi connectivity index (χ2v) is 8.84. The third-order valence-corrected chi connectivity index (χ3v) is 5.99. The van der Waals surface area contributed by atoms with Crippen molar-refractivity contribution >= 4 is 6.21 Å². The standard InChI is InChI=1S/C27H21F6N5O/c1-2-8-39-16-6-7-17(19(10-16)27(31,32)33)25-21(29)9-15(11-34-25)13-38-14-23-22(12-35-38)36-26(37-23)18-4-3-5-20(28)24(18)30/h3-7,9-12H,2,8,13-14H2,1H3,(H,36,37). The summed E-state index contributed by atoms with van der Waals surface area (Å²) in [5.74, 6) is -2.79. The van der Waals surface area contributed by atoms with Crippen LogP contribution in [0.5, 0.6) is 5.75 Å². The summed E-state index contributed by atoms with van der Waals surface area (Å²) in [4.78, 5) is 11.2. The molecule has 5 rings (SSSR count). The highest BCUT2D eigenvalue weighted by Gasteiger charge is 2.35. The lowest BCUT2D eigenvalue weighted by molar-refractivity contribution is -0.137. The summed E-state index contributed by atoms with van der Waals surface area (Å²) < 4.78 is 89.4. The van der Waals surface area contributed by atoms with Crippen LogP contribution >= 0.6 is 0 Å². The molecule has 1 N–H and O–H groups in total. The zero-order valence-corrected chi connectivity index (χ0v) is 20.5. The van der Waals surface area contributed by atoms with Gasteiger partial charge in [-0.15, -0.1) is 0 Å². The lowest BCUT2D eigenvalue weighted by atomic mass is 10.0. The Bertz CT molecular complexity index is 1550. The van der Waals surface area contributed by atoms with Gasteiger partial charge in [0.2, 0.25) is 0 Å². The van der Waals surface area contributed by atoms with Gasteiger partial charge in [-0.05, 0) is 48.4 Å². The average molecular weight is 545 g/mol. The van der Waals surface area contributed by atoms with E-state index in [1.165, 1.54) is 35.6 Å². The van der Waals surface area contributed by atoms with Crippen molar-refractivity contribution < 1.29 is 31.1 Å². The molecule has 0 bridgehead atoms. The minimum atomic E-state index is -4.75. The maximum absolute atomic E-state index is 15.1. The fourth-order valence-corrected chi connectivity index (χ4v) is 4.16. The van der Waals surface area contributed by atoms with Crippen molar-refractivity contribution in [2.24, 2.45) is 5.10 Å². The van der Waals surface area contributed by atoms with Gasteiger partial charge in [-0.1, -0.05) is 13.0 Å². The Morgan fingerprint density at radius 3 is 2.59 bits per heavy atom. The van der Waals surface area contributed by atoms with Crippen LogP contribution in [-0.2, 0) is 19.3 Å². The van der Waals surface area contributed by atoms with Gasteiger partial charge in [-0.2, -0.15) is 18.3 Å². The van der Waals surface area contributed by atoms with Gasteiger partial charge in [0.05, 0.1) is 48.4 Å². The number of hydrogen-bond acceptors (Lipinski definition) is 5. The molecule has 3 heterocycles. The van der Waals surface area contributed by atoms with Crippen LogP contribution in [-0.4, -0.2) is 32.8 Å². The molecule has 4 aromatic rings. The van der Waals surface area contributed by atoms with Gasteiger partial charge >= 0.3 is 6.18 Å². The van der Waals surface area contributed by atoms with Crippen molar-refractivity contribution in [2.75, 3.05) is 6.61 Å². The van der Waals surface area contributed by atoms with E-state index in [4.69, 9.17) is 4.74 Å². The van der Waals surface area contributed by atoms with Crippen molar-refractivity contribution in [3.8, 4) is 28.4 Å². The number of pyridine rings is 1. The molecule has 0 radical (unpaired) electrons. The van der Waals surface area contributed by atoms with Gasteiger partial charge in [0, 0.05) is 11.8 Å². The molecule has 0 amide bonds. The molecule has 12 heteroatoms. The molecule has 0 atom stereocenters. The predicted octanol–water partition coefficient (Wildman–Crippen LogP) is 6.71. The number of imidazole rings is 1. The summed E-state index contributed by atoms with van der Waals surface area (Å²) in [6.45, 7) is 2.32. The van der Waals surface area contributed by atoms with E-state index in [9.17, 15) is 22.0 Å². The second-order valence-electron chi connectivity index (χ2n) is 8.84. The first-order chi connectivity index (χ1) is 18.6. The number of H-pyrrole nitrogens is 1. The Hall–Kier alpha value is -4.35. The Labute approximate surface area is 219 Å². The summed E-state index contributed by atoms with van der Waals surface area (Å²) in [5.41, 5.74) is -0.539. The highest BCUT2D eigenvalue weighted by Crippen LogP contribution is 2.39. The van der Waals surface area contributed by atoms with Gasteiger partial charge in [0.15, 0.2) is 11.6 Å². The highest BCUT2D eigenvalue weighted by atomic mass is 19.4. The Morgan fingerprint density at radius 1 is 1.03 bits per heavy atom. The molecule has 0 spiro atoms. The van der Waals surface area contributed by atoms with Gasteiger partial charge in [-0.25, -0.2) is 18.2 Å². The fourth-order valence-electron chi connectivity index (χ4n) is 4.16. The number of aromatic nitrogens is 3. The van der Waals surface area contributed by atoms with Crippen LogP contribution in [0, 0.1) is 17.5 Å². The van der Waals surface area contributed by atoms with E-state index in [1.54, 1.807) is 0 Å². The molecule has 6 nitrogen and oxygen atoms in total. The van der Waals surface area contributed by atoms with Gasteiger partial charge in [-0.3, -0.25) is 9.99 Å². The SMILES string of the molecule is CCCOc1ccc(-c2ncc(CN3Cc4nc(-c5cccc(F)c5F)[nH]c4C=N3)cc2F)c(C(F)(F)F)c1. The third kappa shape index (κ3) is 5.45. The minimum absolute atomic E-state index is 0.0330. The van der Waals surface area contributed by atoms with Crippen LogP contribution in [0.3, 0.4) is 0 Å². The molecular formula is C27H21F6N5O. The van der Waals surface area contributed by atoms with Gasteiger partial charge in [0.1, 0.15) is 23.1 Å². The molecule has 0 saturated heterocycles. The molecule has 2 aromatic carbocycles. The number of aromatic amines is 1. The molecule has 1 aliphatic rings. The average Bonchev–Trinajstić information content (AvgIpc) is 3.32. The van der Waals surface area contributed by atoms with E-state index in [0.29, 0.717) is 23.4 Å². The first kappa shape index (κ1) is 26.3. The number of benzene rings is 2. The monoisotopic (exact) mass is 545 g/mol. The lowest BCUT2D eigenvalue weighted by Crippen LogP contribution is -2.21. The van der Waals surface area contributed by atoms with Crippen LogP contribution < -0.4 is 4.74 Å². The smallest absolute Gasteiger partial charge is 0.417 e. The Kier molecular flexibility index (Phi) is 7.02. The summed E-state index contributed by atoms with van der Waals surface area (Å²) in [6, 6.07) is 8.21. The van der Waals surface area contributed by atoms with Crippen LogP contribution in [0.2, 0.25) is 0 Å². The maximum atomic E-state index is 15.1. The van der Waals surface area contributed by atoms with Crippen LogP contribution in [0.25, 0.3) is 22.6 Å². The van der Waals surface area contributed by atoms with E-state index in [-0.39, 0.29) is 36.8 Å². The minimum Gasteiger partial charge on any atom is -0.494 e. The topological polar surface area (TPSA) is 66.4 Å². The van der Waals surface area contributed by atoms with Crippen molar-refractivity contribution in [1.29, 1.82) is 0 Å². The summed E-state index contributed by atoms with van der Waals surface area (Å²) in [6.07, 6.45) is -1.40. The molecule has 202 valence electrons. The number of rotatable bonds is 7. The van der Waals surface area contributed by atoms with Crippen LogP contribution in [0.15, 0.2) is 53.8 Å². The number of alkyl halides is 3. The molecule has 0 saturated carbocycles. The molecule has 1 aliphatic heterocycles. The van der Waals surface area contributed by atoms with Gasteiger partial charge in [0.25, 0.3) is 0 Å². The number of nitrogens with one attached hydrogen (secondary N) is 1. The van der Waals surface area contributed by atoms with E-state index in [2.05, 4.69) is 20.1 Å². The number of ether oxygens (including phenoxy) is 1. The maximum Gasteiger partial charge on any atom is 0.417 e. The Morgan fingerprint density at radius 2 is 1.85 bits per heavy atom. The van der Waals surface area contributed by atoms with Crippen LogP contribution in [0.1, 0.15) is 35.9 Å². The number of halogens is 6. The van der Waals surface area contributed by atoms with Crippen molar-refractivity contribution in [3.63, 3.8) is 0 Å². The zero-order valence-electron chi connectivity index (χ0n) is 20.5. The first-order valence-corrected chi connectivity index (χ1v) is 11.9. The van der Waals surface area contributed by atoms with Crippen molar-refractivity contribution in [2.45, 2.75) is 32.6 Å². The van der Waals surface area contributed by atoms with Crippen molar-refractivity contribution in [3.05, 3.63) is 88.6 Å². The predicted molar refractivity (Wildman–Crippen MR) is 131 cm³/mol. The third-order valence-electron chi connectivity index (χ3n) is 5.99.